The third-order valence-corrected chi connectivity index (χ3v) is 3.26. The van der Waals surface area contributed by atoms with Gasteiger partial charge in [0.05, 0.1) is 19.1 Å². The average molecular weight is 303 g/mol. The van der Waals surface area contributed by atoms with E-state index in [-0.39, 0.29) is 18.9 Å². The minimum absolute atomic E-state index is 0.0465. The molecule has 2 unspecified atom stereocenters. The zero-order valence-corrected chi connectivity index (χ0v) is 13.4. The van der Waals surface area contributed by atoms with Gasteiger partial charge in [0.25, 0.3) is 0 Å². The topological polar surface area (TPSA) is 87.1 Å². The minimum atomic E-state index is -1.23. The van der Waals surface area contributed by atoms with Gasteiger partial charge in [-0.05, 0) is 6.42 Å². The summed E-state index contributed by atoms with van der Waals surface area (Å²) in [4.78, 5) is 24.4. The van der Waals surface area contributed by atoms with Crippen molar-refractivity contribution in [2.24, 2.45) is 5.92 Å². The van der Waals surface area contributed by atoms with Crippen LogP contribution < -0.4 is 0 Å². The number of nitrogens with zero attached hydrogens (tertiary/aromatic N) is 1. The molecule has 0 aliphatic carbocycles. The van der Waals surface area contributed by atoms with Gasteiger partial charge in [-0.1, -0.05) is 40.0 Å². The number of hydrogen-bond acceptors (Lipinski definition) is 5. The van der Waals surface area contributed by atoms with Crippen molar-refractivity contribution in [2.75, 3.05) is 19.8 Å². The van der Waals surface area contributed by atoms with E-state index in [4.69, 9.17) is 9.84 Å². The smallest absolute Gasteiger partial charge is 0.311 e. The Morgan fingerprint density at radius 3 is 2.62 bits per heavy atom. The molecule has 6 nitrogen and oxygen atoms in total. The van der Waals surface area contributed by atoms with Gasteiger partial charge < -0.3 is 19.8 Å². The first kappa shape index (κ1) is 19.9. The van der Waals surface area contributed by atoms with E-state index in [1.807, 2.05) is 13.8 Å². The molecule has 0 saturated carbocycles. The van der Waals surface area contributed by atoms with E-state index < -0.39 is 24.7 Å². The quantitative estimate of drug-likeness (QED) is 0.521. The average Bonchev–Trinajstić information content (AvgIpc) is 2.90. The van der Waals surface area contributed by atoms with E-state index in [9.17, 15) is 14.7 Å². The lowest BCUT2D eigenvalue weighted by molar-refractivity contribution is -0.148. The lowest BCUT2D eigenvalue weighted by Gasteiger charge is -2.21. The van der Waals surface area contributed by atoms with Gasteiger partial charge >= 0.3 is 5.97 Å². The molecule has 2 atom stereocenters. The Hall–Kier alpha value is -1.14. The van der Waals surface area contributed by atoms with Gasteiger partial charge in [0, 0.05) is 13.0 Å². The van der Waals surface area contributed by atoms with Crippen LogP contribution in [0.15, 0.2) is 0 Å². The highest BCUT2D eigenvalue weighted by molar-refractivity contribution is 5.86. The second kappa shape index (κ2) is 11.5. The molecule has 2 N–H and O–H groups in total. The van der Waals surface area contributed by atoms with Gasteiger partial charge in [-0.15, -0.1) is 0 Å². The number of rotatable bonds is 8. The Labute approximate surface area is 127 Å². The van der Waals surface area contributed by atoms with Crippen LogP contribution >= 0.6 is 0 Å². The molecule has 1 aliphatic rings. The van der Waals surface area contributed by atoms with Crippen LogP contribution in [0, 0.1) is 5.92 Å². The van der Waals surface area contributed by atoms with Crippen molar-refractivity contribution in [1.82, 2.24) is 4.90 Å². The molecular weight excluding hydrogens is 274 g/mol. The molecule has 0 radical (unpaired) electrons. The summed E-state index contributed by atoms with van der Waals surface area (Å²) >= 11 is 0. The number of unbranched alkanes of at least 4 members (excludes halogenated alkanes) is 3. The summed E-state index contributed by atoms with van der Waals surface area (Å²) in [7, 11) is 0. The summed E-state index contributed by atoms with van der Waals surface area (Å²) in [5, 5.41) is 18.2. The lowest BCUT2D eigenvalue weighted by Crippen LogP contribution is -2.39. The molecule has 124 valence electrons. The van der Waals surface area contributed by atoms with E-state index in [1.54, 1.807) is 0 Å². The Morgan fingerprint density at radius 2 is 2.05 bits per heavy atom. The zero-order chi connectivity index (χ0) is 16.3. The zero-order valence-electron chi connectivity index (χ0n) is 13.4. The van der Waals surface area contributed by atoms with E-state index in [1.165, 1.54) is 0 Å². The molecule has 1 aliphatic heterocycles. The van der Waals surface area contributed by atoms with Gasteiger partial charge in [-0.2, -0.15) is 0 Å². The number of aliphatic hydroxyl groups is 2. The SMILES string of the molecule is CC.CCCCCCOC(=O)C1CC(=O)N(C(O)CO)C1. The second-order valence-corrected chi connectivity index (χ2v) is 4.84. The van der Waals surface area contributed by atoms with Crippen molar-refractivity contribution in [3.05, 3.63) is 0 Å². The van der Waals surface area contributed by atoms with Crippen LogP contribution in [0.4, 0.5) is 0 Å². The predicted octanol–water partition coefficient (Wildman–Crippen LogP) is 1.30. The Kier molecular flexibility index (Phi) is 10.9. The number of ether oxygens (including phenoxy) is 1. The number of amides is 1. The van der Waals surface area contributed by atoms with Crippen LogP contribution in [0.5, 0.6) is 0 Å². The second-order valence-electron chi connectivity index (χ2n) is 4.84. The third kappa shape index (κ3) is 6.91. The van der Waals surface area contributed by atoms with Crippen molar-refractivity contribution < 1.29 is 24.5 Å². The number of esters is 1. The number of carbonyl (C=O) groups excluding carboxylic acids is 2. The van der Waals surface area contributed by atoms with E-state index in [0.717, 1.165) is 30.6 Å². The third-order valence-electron chi connectivity index (χ3n) is 3.26. The Morgan fingerprint density at radius 1 is 1.38 bits per heavy atom. The van der Waals surface area contributed by atoms with Crippen molar-refractivity contribution in [3.63, 3.8) is 0 Å². The number of hydrogen-bond donors (Lipinski definition) is 2. The lowest BCUT2D eigenvalue weighted by atomic mass is 10.1. The first-order valence-corrected chi connectivity index (χ1v) is 7.85. The van der Waals surface area contributed by atoms with Gasteiger partial charge in [-0.3, -0.25) is 9.59 Å². The molecule has 0 aromatic rings. The largest absolute Gasteiger partial charge is 0.465 e. The molecule has 6 heteroatoms. The molecule has 1 rings (SSSR count). The van der Waals surface area contributed by atoms with Gasteiger partial charge in [0.1, 0.15) is 0 Å². The normalized spacial score (nSPS) is 19.0. The molecule has 1 fully saturated rings. The molecule has 1 heterocycles. The van der Waals surface area contributed by atoms with Crippen LogP contribution in [0.1, 0.15) is 52.9 Å². The van der Waals surface area contributed by atoms with Crippen LogP contribution in [-0.4, -0.2) is 53.0 Å². The standard InChI is InChI=1S/C13H23NO5.C2H6/c1-2-3-4-5-6-19-13(18)10-7-11(16)14(8-10)12(17)9-15;1-2/h10,12,15,17H,2-9H2,1H3;1-2H3. The maximum Gasteiger partial charge on any atom is 0.311 e. The van der Waals surface area contributed by atoms with Gasteiger partial charge in [0.2, 0.25) is 5.91 Å². The summed E-state index contributed by atoms with van der Waals surface area (Å²) < 4.78 is 5.12. The first-order valence-electron chi connectivity index (χ1n) is 7.85. The molecule has 0 aromatic heterocycles. The molecule has 21 heavy (non-hydrogen) atoms. The van der Waals surface area contributed by atoms with Crippen molar-refractivity contribution in [1.29, 1.82) is 0 Å². The van der Waals surface area contributed by atoms with Crippen LogP contribution in [0.3, 0.4) is 0 Å². The summed E-state index contributed by atoms with van der Waals surface area (Å²) in [5.74, 6) is -1.24. The van der Waals surface area contributed by atoms with E-state index in [2.05, 4.69) is 6.92 Å². The summed E-state index contributed by atoms with van der Waals surface area (Å²) in [6.07, 6.45) is 2.93. The maximum atomic E-state index is 11.7. The number of likely N-dealkylation sites (tertiary alicyclic amines) is 1. The van der Waals surface area contributed by atoms with Crippen molar-refractivity contribution in [3.8, 4) is 0 Å². The monoisotopic (exact) mass is 303 g/mol. The summed E-state index contributed by atoms with van der Waals surface area (Å²) in [5.41, 5.74) is 0. The molecule has 1 amide bonds. The minimum Gasteiger partial charge on any atom is -0.465 e. The van der Waals surface area contributed by atoms with E-state index >= 15 is 0 Å². The molecule has 1 saturated heterocycles. The molecule has 0 aromatic carbocycles. The van der Waals surface area contributed by atoms with Gasteiger partial charge in [0.15, 0.2) is 6.23 Å². The fourth-order valence-electron chi connectivity index (χ4n) is 2.10. The highest BCUT2D eigenvalue weighted by Crippen LogP contribution is 2.20. The molecule has 0 bridgehead atoms. The fourth-order valence-corrected chi connectivity index (χ4v) is 2.10. The van der Waals surface area contributed by atoms with Gasteiger partial charge in [-0.25, -0.2) is 0 Å². The van der Waals surface area contributed by atoms with Crippen LogP contribution in [0.25, 0.3) is 0 Å². The number of aliphatic hydroxyl groups excluding tert-OH is 2. The predicted molar refractivity (Wildman–Crippen MR) is 79.4 cm³/mol. The van der Waals surface area contributed by atoms with Crippen molar-refractivity contribution >= 4 is 11.9 Å². The molecule has 0 spiro atoms. The summed E-state index contributed by atoms with van der Waals surface area (Å²) in [6, 6.07) is 0. The molecular formula is C15H29NO5. The Balaban J connectivity index is 0.00000191. The first-order chi connectivity index (χ1) is 10.1. The van der Waals surface area contributed by atoms with Crippen molar-refractivity contribution in [2.45, 2.75) is 59.1 Å². The highest BCUT2D eigenvalue weighted by atomic mass is 16.5. The Bertz CT molecular complexity index is 308. The van der Waals surface area contributed by atoms with Crippen LogP contribution in [0.2, 0.25) is 0 Å². The maximum absolute atomic E-state index is 11.7. The van der Waals surface area contributed by atoms with Crippen LogP contribution in [-0.2, 0) is 14.3 Å². The number of carbonyl (C=O) groups is 2. The van der Waals surface area contributed by atoms with E-state index in [0.29, 0.717) is 6.61 Å². The summed E-state index contributed by atoms with van der Waals surface area (Å²) in [6.45, 7) is 6.09. The highest BCUT2D eigenvalue weighted by Gasteiger charge is 2.38. The fraction of sp³-hybridized carbons (Fsp3) is 0.867.